The van der Waals surface area contributed by atoms with Crippen LogP contribution in [0.15, 0.2) is 24.4 Å². The van der Waals surface area contributed by atoms with E-state index in [0.29, 0.717) is 12.1 Å². The van der Waals surface area contributed by atoms with E-state index < -0.39 is 0 Å². The van der Waals surface area contributed by atoms with Crippen LogP contribution in [0.25, 0.3) is 5.52 Å². The van der Waals surface area contributed by atoms with Crippen LogP contribution in [-0.4, -0.2) is 46.5 Å². The van der Waals surface area contributed by atoms with Crippen molar-refractivity contribution in [1.82, 2.24) is 20.0 Å². The number of ether oxygens (including phenoxy) is 1. The SMILES string of the molecule is CC(C)NC(=O)c1nc(C(=O)NCC2CCCO2)c2ccccn12. The van der Waals surface area contributed by atoms with Crippen LogP contribution in [0.1, 0.15) is 47.8 Å². The summed E-state index contributed by atoms with van der Waals surface area (Å²) in [6.45, 7) is 4.96. The summed E-state index contributed by atoms with van der Waals surface area (Å²) in [5.41, 5.74) is 0.860. The molecule has 1 saturated heterocycles. The Labute approximate surface area is 140 Å². The molecule has 2 aromatic heterocycles. The Balaban J connectivity index is 1.84. The van der Waals surface area contributed by atoms with E-state index in [4.69, 9.17) is 4.74 Å². The molecule has 0 spiro atoms. The first-order valence-corrected chi connectivity index (χ1v) is 8.24. The number of carbonyl (C=O) groups excluding carboxylic acids is 2. The number of rotatable bonds is 5. The summed E-state index contributed by atoms with van der Waals surface area (Å²) in [4.78, 5) is 29.1. The highest BCUT2D eigenvalue weighted by atomic mass is 16.5. The Hall–Kier alpha value is -2.41. The van der Waals surface area contributed by atoms with Crippen molar-refractivity contribution in [3.05, 3.63) is 35.9 Å². The molecule has 2 aromatic rings. The average Bonchev–Trinajstić information content (AvgIpc) is 3.19. The van der Waals surface area contributed by atoms with Gasteiger partial charge >= 0.3 is 0 Å². The lowest BCUT2D eigenvalue weighted by molar-refractivity contribution is 0.0855. The highest BCUT2D eigenvalue weighted by Crippen LogP contribution is 2.15. The number of fused-ring (bicyclic) bond motifs is 1. The van der Waals surface area contributed by atoms with Crippen molar-refractivity contribution in [2.24, 2.45) is 0 Å². The van der Waals surface area contributed by atoms with Gasteiger partial charge in [-0.15, -0.1) is 0 Å². The largest absolute Gasteiger partial charge is 0.376 e. The minimum Gasteiger partial charge on any atom is -0.376 e. The van der Waals surface area contributed by atoms with Crippen LogP contribution in [-0.2, 0) is 4.74 Å². The van der Waals surface area contributed by atoms with Crippen molar-refractivity contribution in [2.45, 2.75) is 38.8 Å². The van der Waals surface area contributed by atoms with Gasteiger partial charge in [0.2, 0.25) is 5.82 Å². The van der Waals surface area contributed by atoms with E-state index in [2.05, 4.69) is 15.6 Å². The summed E-state index contributed by atoms with van der Waals surface area (Å²) < 4.78 is 7.15. The van der Waals surface area contributed by atoms with Crippen molar-refractivity contribution in [2.75, 3.05) is 13.2 Å². The van der Waals surface area contributed by atoms with Gasteiger partial charge < -0.3 is 15.4 Å². The third-order valence-corrected chi connectivity index (χ3v) is 3.90. The third kappa shape index (κ3) is 3.41. The topological polar surface area (TPSA) is 84.7 Å². The first-order chi connectivity index (χ1) is 11.6. The standard InChI is InChI=1S/C17H22N4O3/c1-11(2)19-17(23)15-20-14(13-7-3-4-8-21(13)15)16(22)18-10-12-6-5-9-24-12/h3-4,7-8,11-12H,5-6,9-10H2,1-2H3,(H,18,22)(H,19,23). The lowest BCUT2D eigenvalue weighted by Gasteiger charge is -2.09. The van der Waals surface area contributed by atoms with Gasteiger partial charge in [-0.3, -0.25) is 14.0 Å². The fourth-order valence-electron chi connectivity index (χ4n) is 2.79. The number of carbonyl (C=O) groups is 2. The molecule has 0 saturated carbocycles. The van der Waals surface area contributed by atoms with E-state index >= 15 is 0 Å². The third-order valence-electron chi connectivity index (χ3n) is 3.90. The second kappa shape index (κ2) is 7.00. The fourth-order valence-corrected chi connectivity index (χ4v) is 2.79. The molecule has 128 valence electrons. The first-order valence-electron chi connectivity index (χ1n) is 8.24. The van der Waals surface area contributed by atoms with Gasteiger partial charge in [0.1, 0.15) is 0 Å². The predicted molar refractivity (Wildman–Crippen MR) is 89.1 cm³/mol. The molecule has 1 aliphatic heterocycles. The zero-order chi connectivity index (χ0) is 17.1. The van der Waals surface area contributed by atoms with Gasteiger partial charge in [0.15, 0.2) is 5.69 Å². The van der Waals surface area contributed by atoms with Gasteiger partial charge in [-0.2, -0.15) is 0 Å². The molecule has 1 aliphatic rings. The Morgan fingerprint density at radius 2 is 2.21 bits per heavy atom. The quantitative estimate of drug-likeness (QED) is 0.867. The van der Waals surface area contributed by atoms with Crippen molar-refractivity contribution >= 4 is 17.3 Å². The minimum atomic E-state index is -0.302. The smallest absolute Gasteiger partial charge is 0.287 e. The van der Waals surface area contributed by atoms with E-state index in [0.717, 1.165) is 19.4 Å². The molecule has 7 heteroatoms. The molecule has 1 fully saturated rings. The van der Waals surface area contributed by atoms with E-state index in [1.807, 2.05) is 19.9 Å². The Morgan fingerprint density at radius 1 is 1.38 bits per heavy atom. The summed E-state index contributed by atoms with van der Waals surface area (Å²) in [7, 11) is 0. The molecule has 0 aliphatic carbocycles. The fraction of sp³-hybridized carbons (Fsp3) is 0.471. The summed E-state index contributed by atoms with van der Waals surface area (Å²) in [6, 6.07) is 5.39. The number of hydrogen-bond donors (Lipinski definition) is 2. The van der Waals surface area contributed by atoms with E-state index in [-0.39, 0.29) is 35.5 Å². The Bertz CT molecular complexity index is 747. The second-order valence-electron chi connectivity index (χ2n) is 6.21. The summed E-state index contributed by atoms with van der Waals surface area (Å²) >= 11 is 0. The van der Waals surface area contributed by atoms with E-state index in [1.165, 1.54) is 0 Å². The van der Waals surface area contributed by atoms with Crippen molar-refractivity contribution in [3.63, 3.8) is 0 Å². The highest BCUT2D eigenvalue weighted by molar-refractivity contribution is 6.02. The van der Waals surface area contributed by atoms with Crippen LogP contribution in [0, 0.1) is 0 Å². The Morgan fingerprint density at radius 3 is 2.92 bits per heavy atom. The van der Waals surface area contributed by atoms with Gasteiger partial charge in [-0.1, -0.05) is 6.07 Å². The second-order valence-corrected chi connectivity index (χ2v) is 6.21. The summed E-state index contributed by atoms with van der Waals surface area (Å²) in [6.07, 6.45) is 3.76. The zero-order valence-corrected chi connectivity index (χ0v) is 13.9. The maximum absolute atomic E-state index is 12.5. The van der Waals surface area contributed by atoms with Gasteiger partial charge in [0.05, 0.1) is 11.6 Å². The number of imidazole rings is 1. The van der Waals surface area contributed by atoms with Gasteiger partial charge in [-0.25, -0.2) is 4.98 Å². The lowest BCUT2D eigenvalue weighted by Crippen LogP contribution is -2.33. The normalized spacial score (nSPS) is 17.4. The van der Waals surface area contributed by atoms with Crippen molar-refractivity contribution in [3.8, 4) is 0 Å². The van der Waals surface area contributed by atoms with Gasteiger partial charge in [0.25, 0.3) is 11.8 Å². The molecule has 2 N–H and O–H groups in total. The molecule has 0 aromatic carbocycles. The van der Waals surface area contributed by atoms with E-state index in [1.54, 1.807) is 22.7 Å². The van der Waals surface area contributed by atoms with Crippen LogP contribution in [0.5, 0.6) is 0 Å². The van der Waals surface area contributed by atoms with Crippen LogP contribution < -0.4 is 10.6 Å². The van der Waals surface area contributed by atoms with Crippen molar-refractivity contribution < 1.29 is 14.3 Å². The maximum Gasteiger partial charge on any atom is 0.287 e. The van der Waals surface area contributed by atoms with Crippen LogP contribution >= 0.6 is 0 Å². The highest BCUT2D eigenvalue weighted by Gasteiger charge is 2.23. The lowest BCUT2D eigenvalue weighted by atomic mass is 10.2. The molecule has 2 amide bonds. The number of nitrogens with zero attached hydrogens (tertiary/aromatic N) is 2. The van der Waals surface area contributed by atoms with E-state index in [9.17, 15) is 9.59 Å². The number of amides is 2. The van der Waals surface area contributed by atoms with Crippen LogP contribution in [0.2, 0.25) is 0 Å². The van der Waals surface area contributed by atoms with Crippen molar-refractivity contribution in [1.29, 1.82) is 0 Å². The molecule has 24 heavy (non-hydrogen) atoms. The number of hydrogen-bond acceptors (Lipinski definition) is 4. The average molecular weight is 330 g/mol. The summed E-state index contributed by atoms with van der Waals surface area (Å²) in [5.74, 6) is -0.385. The maximum atomic E-state index is 12.5. The summed E-state index contributed by atoms with van der Waals surface area (Å²) in [5, 5.41) is 5.66. The molecule has 0 bridgehead atoms. The van der Waals surface area contributed by atoms with Crippen LogP contribution in [0.4, 0.5) is 0 Å². The van der Waals surface area contributed by atoms with Gasteiger partial charge in [-0.05, 0) is 38.8 Å². The molecular formula is C17H22N4O3. The molecule has 1 unspecified atom stereocenters. The predicted octanol–water partition coefficient (Wildman–Crippen LogP) is 1.38. The molecule has 0 radical (unpaired) electrons. The van der Waals surface area contributed by atoms with Gasteiger partial charge in [0, 0.05) is 25.4 Å². The number of aromatic nitrogens is 2. The molecule has 7 nitrogen and oxygen atoms in total. The van der Waals surface area contributed by atoms with Crippen LogP contribution in [0.3, 0.4) is 0 Å². The number of nitrogens with one attached hydrogen (secondary N) is 2. The Kier molecular flexibility index (Phi) is 4.80. The number of pyridine rings is 1. The molecule has 3 heterocycles. The zero-order valence-electron chi connectivity index (χ0n) is 13.9. The monoisotopic (exact) mass is 330 g/mol. The molecular weight excluding hydrogens is 308 g/mol. The first kappa shape index (κ1) is 16.4. The minimum absolute atomic E-state index is 0.00893. The molecule has 1 atom stereocenters. The molecule has 3 rings (SSSR count).